The van der Waals surface area contributed by atoms with Crippen LogP contribution in [0.5, 0.6) is 0 Å². The molecule has 1 unspecified atom stereocenters. The summed E-state index contributed by atoms with van der Waals surface area (Å²) in [7, 11) is 0. The zero-order valence-electron chi connectivity index (χ0n) is 42.8. The number of carbonyl (C=O) groups is 2. The van der Waals surface area contributed by atoms with E-state index in [0.29, 0.717) is 19.4 Å². The highest BCUT2D eigenvalue weighted by atomic mass is 16.6. The molecule has 0 fully saturated rings. The largest absolute Gasteiger partial charge is 0.462 e. The molecule has 0 bridgehead atoms. The quantitative estimate of drug-likeness (QED) is 0.0346. The molecule has 0 amide bonds. The Kier molecular flexibility index (Phi) is 52.9. The number of esters is 2. The van der Waals surface area contributed by atoms with Crippen molar-refractivity contribution >= 4 is 11.9 Å². The van der Waals surface area contributed by atoms with Gasteiger partial charge in [-0.05, 0) is 83.5 Å². The highest BCUT2D eigenvalue weighted by Gasteiger charge is 2.17. The van der Waals surface area contributed by atoms with E-state index in [1.807, 2.05) is 0 Å². The number of unbranched alkanes of at least 4 members (excludes halogenated alkanes) is 30. The maximum Gasteiger partial charge on any atom is 0.306 e. The highest BCUT2D eigenvalue weighted by Crippen LogP contribution is 2.15. The molecular formula is C59H106O5. The molecule has 0 saturated carbocycles. The molecule has 0 aromatic heterocycles. The maximum absolute atomic E-state index is 12.8. The van der Waals surface area contributed by atoms with Gasteiger partial charge in [0.1, 0.15) is 6.61 Å². The first-order valence-electron chi connectivity index (χ1n) is 27.8. The van der Waals surface area contributed by atoms with Crippen LogP contribution in [0.4, 0.5) is 0 Å². The molecule has 0 aliphatic heterocycles. The van der Waals surface area contributed by atoms with Gasteiger partial charge in [0.15, 0.2) is 6.10 Å². The summed E-state index contributed by atoms with van der Waals surface area (Å²) in [5.41, 5.74) is 0. The van der Waals surface area contributed by atoms with Gasteiger partial charge in [-0.2, -0.15) is 0 Å². The number of hydrogen-bond donors (Lipinski definition) is 0. The minimum Gasteiger partial charge on any atom is -0.462 e. The van der Waals surface area contributed by atoms with E-state index >= 15 is 0 Å². The SMILES string of the molecule is CC/C=C\C/C=C\C/C=C\C/C=C\CCCCCCCOCC(COC(=O)CCCCCCC/C=C\CCCCCCCC)OC(=O)CCCCCCCCCCCCCCCCC. The minimum absolute atomic E-state index is 0.0752. The van der Waals surface area contributed by atoms with Gasteiger partial charge in [-0.15, -0.1) is 0 Å². The lowest BCUT2D eigenvalue weighted by molar-refractivity contribution is -0.163. The van der Waals surface area contributed by atoms with E-state index in [1.165, 1.54) is 161 Å². The van der Waals surface area contributed by atoms with Crippen LogP contribution in [0.15, 0.2) is 60.8 Å². The van der Waals surface area contributed by atoms with E-state index in [-0.39, 0.29) is 25.2 Å². The van der Waals surface area contributed by atoms with Crippen LogP contribution in [0.25, 0.3) is 0 Å². The van der Waals surface area contributed by atoms with E-state index in [9.17, 15) is 9.59 Å². The number of allylic oxidation sites excluding steroid dienone is 10. The summed E-state index contributed by atoms with van der Waals surface area (Å²) >= 11 is 0. The van der Waals surface area contributed by atoms with Crippen molar-refractivity contribution in [1.82, 2.24) is 0 Å². The lowest BCUT2D eigenvalue weighted by Gasteiger charge is -2.18. The van der Waals surface area contributed by atoms with Crippen molar-refractivity contribution in [1.29, 1.82) is 0 Å². The van der Waals surface area contributed by atoms with Crippen molar-refractivity contribution in [2.24, 2.45) is 0 Å². The van der Waals surface area contributed by atoms with Crippen LogP contribution in [0, 0.1) is 0 Å². The van der Waals surface area contributed by atoms with Gasteiger partial charge < -0.3 is 14.2 Å². The molecule has 1 atom stereocenters. The van der Waals surface area contributed by atoms with Crippen LogP contribution in [0.3, 0.4) is 0 Å². The summed E-state index contributed by atoms with van der Waals surface area (Å²) in [5.74, 6) is -0.406. The van der Waals surface area contributed by atoms with Crippen molar-refractivity contribution < 1.29 is 23.8 Å². The predicted molar refractivity (Wildman–Crippen MR) is 279 cm³/mol. The first-order valence-corrected chi connectivity index (χ1v) is 27.8. The van der Waals surface area contributed by atoms with E-state index in [4.69, 9.17) is 14.2 Å². The average Bonchev–Trinajstić information content (AvgIpc) is 3.30. The normalized spacial score (nSPS) is 12.6. The molecule has 0 spiro atoms. The second-order valence-electron chi connectivity index (χ2n) is 18.5. The van der Waals surface area contributed by atoms with Crippen molar-refractivity contribution in [2.75, 3.05) is 19.8 Å². The van der Waals surface area contributed by atoms with Gasteiger partial charge in [0, 0.05) is 19.4 Å². The van der Waals surface area contributed by atoms with Gasteiger partial charge in [0.05, 0.1) is 6.61 Å². The van der Waals surface area contributed by atoms with Gasteiger partial charge in [0.2, 0.25) is 0 Å². The Bertz CT molecular complexity index is 1100. The Balaban J connectivity index is 4.30. The van der Waals surface area contributed by atoms with Gasteiger partial charge in [-0.3, -0.25) is 9.59 Å². The Labute approximate surface area is 398 Å². The molecule has 372 valence electrons. The molecule has 0 aromatic rings. The summed E-state index contributed by atoms with van der Waals surface area (Å²) in [6.45, 7) is 7.70. The molecule has 0 radical (unpaired) electrons. The van der Waals surface area contributed by atoms with Crippen LogP contribution < -0.4 is 0 Å². The van der Waals surface area contributed by atoms with Crippen LogP contribution in [0.2, 0.25) is 0 Å². The van der Waals surface area contributed by atoms with Crippen LogP contribution in [-0.2, 0) is 23.8 Å². The van der Waals surface area contributed by atoms with Crippen LogP contribution >= 0.6 is 0 Å². The Morgan fingerprint density at radius 1 is 0.359 bits per heavy atom. The fraction of sp³-hybridized carbons (Fsp3) is 0.797. The number of rotatable bonds is 51. The molecule has 0 N–H and O–H groups in total. The second kappa shape index (κ2) is 54.9. The molecule has 0 aliphatic carbocycles. The zero-order chi connectivity index (χ0) is 46.3. The van der Waals surface area contributed by atoms with E-state index in [0.717, 1.165) is 83.5 Å². The van der Waals surface area contributed by atoms with E-state index in [1.54, 1.807) is 0 Å². The maximum atomic E-state index is 12.8. The van der Waals surface area contributed by atoms with E-state index < -0.39 is 6.10 Å². The lowest BCUT2D eigenvalue weighted by atomic mass is 10.0. The molecule has 0 heterocycles. The predicted octanol–water partition coefficient (Wildman–Crippen LogP) is 18.9. The first-order chi connectivity index (χ1) is 31.6. The summed E-state index contributed by atoms with van der Waals surface area (Å²) in [5, 5.41) is 0. The van der Waals surface area contributed by atoms with Crippen molar-refractivity contribution in [3.05, 3.63) is 60.8 Å². The fourth-order valence-corrected chi connectivity index (χ4v) is 7.91. The third kappa shape index (κ3) is 52.2. The molecule has 5 nitrogen and oxygen atoms in total. The van der Waals surface area contributed by atoms with Gasteiger partial charge in [-0.1, -0.05) is 242 Å². The number of carbonyl (C=O) groups excluding carboxylic acids is 2. The smallest absolute Gasteiger partial charge is 0.306 e. The molecule has 0 aliphatic rings. The van der Waals surface area contributed by atoms with Crippen molar-refractivity contribution in [2.45, 2.75) is 284 Å². The molecule has 0 aromatic carbocycles. The van der Waals surface area contributed by atoms with Crippen LogP contribution in [-0.4, -0.2) is 37.9 Å². The molecule has 0 saturated heterocycles. The summed E-state index contributed by atoms with van der Waals surface area (Å²) in [6.07, 6.45) is 69.5. The van der Waals surface area contributed by atoms with Gasteiger partial charge >= 0.3 is 11.9 Å². The Hall–Kier alpha value is -2.40. The van der Waals surface area contributed by atoms with Gasteiger partial charge in [-0.25, -0.2) is 0 Å². The third-order valence-corrected chi connectivity index (χ3v) is 12.0. The Morgan fingerprint density at radius 2 is 0.703 bits per heavy atom. The van der Waals surface area contributed by atoms with Crippen LogP contribution in [0.1, 0.15) is 278 Å². The molecule has 0 rings (SSSR count). The summed E-state index contributed by atoms with van der Waals surface area (Å²) in [6, 6.07) is 0. The van der Waals surface area contributed by atoms with Crippen molar-refractivity contribution in [3.8, 4) is 0 Å². The first kappa shape index (κ1) is 61.6. The zero-order valence-corrected chi connectivity index (χ0v) is 42.8. The topological polar surface area (TPSA) is 61.8 Å². The average molecular weight is 895 g/mol. The number of hydrogen-bond acceptors (Lipinski definition) is 5. The minimum atomic E-state index is -0.548. The fourth-order valence-electron chi connectivity index (χ4n) is 7.91. The molecular weight excluding hydrogens is 789 g/mol. The highest BCUT2D eigenvalue weighted by molar-refractivity contribution is 5.70. The summed E-state index contributed by atoms with van der Waals surface area (Å²) < 4.78 is 17.4. The molecule has 64 heavy (non-hydrogen) atoms. The molecule has 5 heteroatoms. The monoisotopic (exact) mass is 895 g/mol. The Morgan fingerprint density at radius 3 is 1.14 bits per heavy atom. The third-order valence-electron chi connectivity index (χ3n) is 12.0. The second-order valence-corrected chi connectivity index (χ2v) is 18.5. The lowest BCUT2D eigenvalue weighted by Crippen LogP contribution is -2.30. The standard InChI is InChI=1S/C59H106O5/c1-4-7-10-13-16-19-22-25-28-29-30-33-36-39-42-45-48-51-54-62-55-57(64-59(61)53-50-47-44-41-38-35-32-27-24-21-18-15-12-9-6-3)56-63-58(60)52-49-46-43-40-37-34-31-26-23-20-17-14-11-8-5-2/h7,10,16,19,25-26,28,30-31,33,57H,4-6,8-9,11-15,17-18,20-24,27,29,32,34-56H2,1-3H3/b10-7-,19-16-,28-25-,31-26-,33-30-. The summed E-state index contributed by atoms with van der Waals surface area (Å²) in [4.78, 5) is 25.5. The number of ether oxygens (including phenoxy) is 3. The van der Waals surface area contributed by atoms with Gasteiger partial charge in [0.25, 0.3) is 0 Å². The van der Waals surface area contributed by atoms with E-state index in [2.05, 4.69) is 81.5 Å². The van der Waals surface area contributed by atoms with Crippen molar-refractivity contribution in [3.63, 3.8) is 0 Å².